The van der Waals surface area contributed by atoms with E-state index in [1.807, 2.05) is 6.07 Å². The van der Waals surface area contributed by atoms with E-state index in [2.05, 4.69) is 4.98 Å². The van der Waals surface area contributed by atoms with Crippen molar-refractivity contribution >= 4 is 39.3 Å². The van der Waals surface area contributed by atoms with Gasteiger partial charge in [-0.1, -0.05) is 12.1 Å². The predicted octanol–water partition coefficient (Wildman–Crippen LogP) is 5.41. The zero-order chi connectivity index (χ0) is 22.8. The van der Waals surface area contributed by atoms with Gasteiger partial charge in [-0.2, -0.15) is 0 Å². The van der Waals surface area contributed by atoms with Crippen molar-refractivity contribution in [2.75, 3.05) is 0 Å². The van der Waals surface area contributed by atoms with Crippen molar-refractivity contribution in [1.29, 1.82) is 0 Å². The largest absolute Gasteiger partial charge is 0.443 e. The van der Waals surface area contributed by atoms with E-state index in [9.17, 15) is 25.0 Å². The van der Waals surface area contributed by atoms with E-state index in [1.54, 1.807) is 51.2 Å². The average Bonchev–Trinajstić information content (AvgIpc) is 3.33. The number of nitrogens with one attached hydrogen (secondary N) is 1. The van der Waals surface area contributed by atoms with Crippen molar-refractivity contribution in [3.63, 3.8) is 0 Å². The van der Waals surface area contributed by atoms with E-state index in [-0.39, 0.29) is 16.3 Å². The van der Waals surface area contributed by atoms with Gasteiger partial charge in [-0.3, -0.25) is 24.8 Å². The highest BCUT2D eigenvalue weighted by Crippen LogP contribution is 2.27. The van der Waals surface area contributed by atoms with Crippen LogP contribution in [0.1, 0.15) is 20.8 Å². The maximum absolute atomic E-state index is 12.0. The molecule has 2 heterocycles. The number of nitrogens with zero attached hydrogens (tertiary/aromatic N) is 3. The van der Waals surface area contributed by atoms with Gasteiger partial charge < -0.3 is 9.72 Å². The third kappa shape index (κ3) is 4.69. The first-order valence-electron chi connectivity index (χ1n) is 9.27. The quantitative estimate of drug-likeness (QED) is 0.338. The predicted molar refractivity (Wildman–Crippen MR) is 115 cm³/mol. The Morgan fingerprint density at radius 1 is 0.935 bits per heavy atom. The number of H-pyrrole nitrogens is 1. The molecule has 31 heavy (non-hydrogen) atoms. The van der Waals surface area contributed by atoms with Crippen LogP contribution in [0.15, 0.2) is 60.9 Å². The van der Waals surface area contributed by atoms with Gasteiger partial charge in [-0.05, 0) is 45.0 Å². The Labute approximate surface area is 176 Å². The van der Waals surface area contributed by atoms with Crippen molar-refractivity contribution in [1.82, 2.24) is 9.55 Å². The summed E-state index contributed by atoms with van der Waals surface area (Å²) < 4.78 is 6.52. The van der Waals surface area contributed by atoms with Crippen molar-refractivity contribution in [2.45, 2.75) is 26.4 Å². The minimum absolute atomic E-state index is 0.0280. The van der Waals surface area contributed by atoms with E-state index in [4.69, 9.17) is 4.74 Å². The van der Waals surface area contributed by atoms with E-state index in [1.165, 1.54) is 29.0 Å². The fourth-order valence-electron chi connectivity index (χ4n) is 3.01. The molecule has 10 nitrogen and oxygen atoms in total. The summed E-state index contributed by atoms with van der Waals surface area (Å²) in [6, 6.07) is 12.8. The molecule has 0 spiro atoms. The molecule has 0 amide bonds. The second kappa shape index (κ2) is 8.27. The summed E-state index contributed by atoms with van der Waals surface area (Å²) in [6.45, 7) is 5.29. The molecule has 160 valence electrons. The lowest BCUT2D eigenvalue weighted by atomic mass is 10.2. The molecular weight excluding hydrogens is 404 g/mol. The van der Waals surface area contributed by atoms with Gasteiger partial charge in [0.1, 0.15) is 5.60 Å². The van der Waals surface area contributed by atoms with Gasteiger partial charge in [-0.15, -0.1) is 0 Å². The molecule has 2 aromatic heterocycles. The molecule has 4 rings (SSSR count). The van der Waals surface area contributed by atoms with E-state index >= 15 is 0 Å². The highest BCUT2D eigenvalue weighted by Gasteiger charge is 2.21. The van der Waals surface area contributed by atoms with Gasteiger partial charge in [0.2, 0.25) is 0 Å². The van der Waals surface area contributed by atoms with Gasteiger partial charge in [-0.25, -0.2) is 4.79 Å². The van der Waals surface area contributed by atoms with Crippen LogP contribution >= 0.6 is 0 Å². The van der Waals surface area contributed by atoms with Crippen LogP contribution < -0.4 is 0 Å². The number of carbonyl (C=O) groups excluding carboxylic acids is 1. The number of non-ortho nitro benzene ring substituents is 2. The van der Waals surface area contributed by atoms with E-state index in [0.717, 1.165) is 5.52 Å². The molecule has 2 aromatic carbocycles. The number of hydrogen-bond donors (Lipinski definition) is 1. The molecule has 0 aliphatic heterocycles. The van der Waals surface area contributed by atoms with Crippen LogP contribution in [-0.4, -0.2) is 31.1 Å². The average molecular weight is 424 g/mol. The number of fused-ring (bicyclic) bond motifs is 2. The number of aromatic amines is 1. The Bertz CT molecular complexity index is 1280. The minimum Gasteiger partial charge on any atom is -0.443 e. The zero-order valence-corrected chi connectivity index (χ0v) is 17.1. The number of ether oxygens (including phenoxy) is 1. The lowest BCUT2D eigenvalue weighted by Gasteiger charge is -2.19. The minimum atomic E-state index is -0.617. The maximum atomic E-state index is 12.0. The van der Waals surface area contributed by atoms with Crippen LogP contribution in [0.4, 0.5) is 16.2 Å². The van der Waals surface area contributed by atoms with E-state index in [0.29, 0.717) is 16.3 Å². The molecule has 0 saturated carbocycles. The smallest absolute Gasteiger partial charge is 0.418 e. The summed E-state index contributed by atoms with van der Waals surface area (Å²) >= 11 is 0. The molecular formula is C21H20N4O6. The topological polar surface area (TPSA) is 133 Å². The Morgan fingerprint density at radius 2 is 1.55 bits per heavy atom. The Hall–Kier alpha value is -4.21. The zero-order valence-electron chi connectivity index (χ0n) is 17.1. The molecule has 0 aliphatic carbocycles. The fraction of sp³-hybridized carbons (Fsp3) is 0.190. The van der Waals surface area contributed by atoms with Crippen LogP contribution in [-0.2, 0) is 4.74 Å². The molecule has 0 atom stereocenters. The highest BCUT2D eigenvalue weighted by molar-refractivity contribution is 5.95. The molecule has 1 N–H and O–H groups in total. The van der Waals surface area contributed by atoms with Gasteiger partial charge in [0, 0.05) is 24.5 Å². The Morgan fingerprint density at radius 3 is 2.16 bits per heavy atom. The lowest BCUT2D eigenvalue weighted by Crippen LogP contribution is -2.26. The first-order valence-corrected chi connectivity index (χ1v) is 9.27. The molecule has 0 fully saturated rings. The molecule has 0 bridgehead atoms. The Balaban J connectivity index is 0.000000194. The second-order valence-corrected chi connectivity index (χ2v) is 7.61. The third-order valence-electron chi connectivity index (χ3n) is 4.27. The monoisotopic (exact) mass is 424 g/mol. The van der Waals surface area contributed by atoms with Gasteiger partial charge in [0.15, 0.2) is 0 Å². The van der Waals surface area contributed by atoms with Crippen molar-refractivity contribution < 1.29 is 19.4 Å². The molecule has 0 saturated heterocycles. The van der Waals surface area contributed by atoms with Crippen molar-refractivity contribution in [3.8, 4) is 0 Å². The van der Waals surface area contributed by atoms with Crippen LogP contribution in [0.5, 0.6) is 0 Å². The number of nitro benzene ring substituents is 2. The van der Waals surface area contributed by atoms with Gasteiger partial charge >= 0.3 is 6.09 Å². The first kappa shape index (κ1) is 21.5. The SMILES string of the molecule is CC(C)(C)OC(=O)n1ccc2c([N+](=O)[O-])cccc21.O=[N+]([O-])c1cccc2[nH]ccc12. The number of rotatable bonds is 2. The summed E-state index contributed by atoms with van der Waals surface area (Å²) in [5.74, 6) is 0. The van der Waals surface area contributed by atoms with Gasteiger partial charge in [0.05, 0.1) is 31.7 Å². The maximum Gasteiger partial charge on any atom is 0.418 e. The van der Waals surface area contributed by atoms with Crippen molar-refractivity contribution in [3.05, 3.63) is 81.2 Å². The number of nitro groups is 2. The van der Waals surface area contributed by atoms with Crippen LogP contribution in [0.2, 0.25) is 0 Å². The van der Waals surface area contributed by atoms with Crippen LogP contribution in [0, 0.1) is 20.2 Å². The first-order chi connectivity index (χ1) is 14.6. The molecule has 0 aliphatic rings. The normalized spacial score (nSPS) is 11.1. The summed E-state index contributed by atoms with van der Waals surface area (Å²) in [4.78, 5) is 35.5. The second-order valence-electron chi connectivity index (χ2n) is 7.61. The summed E-state index contributed by atoms with van der Waals surface area (Å²) in [7, 11) is 0. The third-order valence-corrected chi connectivity index (χ3v) is 4.27. The number of benzene rings is 2. The highest BCUT2D eigenvalue weighted by atomic mass is 16.6. The number of aromatic nitrogens is 2. The summed E-state index contributed by atoms with van der Waals surface area (Å²) in [5.41, 5.74) is 0.759. The molecule has 0 radical (unpaired) electrons. The molecule has 4 aromatic rings. The molecule has 0 unspecified atom stereocenters. The number of hydrogen-bond acceptors (Lipinski definition) is 6. The fourth-order valence-corrected chi connectivity index (χ4v) is 3.01. The Kier molecular flexibility index (Phi) is 5.73. The lowest BCUT2D eigenvalue weighted by molar-refractivity contribution is -0.383. The summed E-state index contributed by atoms with van der Waals surface area (Å²) in [6.07, 6.45) is 2.62. The van der Waals surface area contributed by atoms with Crippen LogP contribution in [0.3, 0.4) is 0 Å². The van der Waals surface area contributed by atoms with Gasteiger partial charge in [0.25, 0.3) is 11.4 Å². The van der Waals surface area contributed by atoms with Crippen LogP contribution in [0.25, 0.3) is 21.8 Å². The van der Waals surface area contributed by atoms with E-state index < -0.39 is 16.6 Å². The number of carbonyl (C=O) groups is 1. The molecule has 10 heteroatoms. The summed E-state index contributed by atoms with van der Waals surface area (Å²) in [5, 5.41) is 22.5. The van der Waals surface area contributed by atoms with Crippen molar-refractivity contribution in [2.24, 2.45) is 0 Å². The standard InChI is InChI=1S/C13H14N2O4.C8H6N2O2/c1-13(2,3)19-12(16)14-8-7-9-10(14)5-4-6-11(9)15(17)18;11-10(12)8-3-1-2-7-6(8)4-5-9-7/h4-8H,1-3H3;1-5,9H.